The monoisotopic (exact) mass is 360 g/mol. The van der Waals surface area contributed by atoms with Crippen LogP contribution >= 0.6 is 0 Å². The normalized spacial score (nSPS) is 11.6. The number of aliphatic hydroxyl groups excluding tert-OH is 1. The molecule has 0 bridgehead atoms. The maximum absolute atomic E-state index is 13.1. The van der Waals surface area contributed by atoms with Crippen molar-refractivity contribution in [3.8, 4) is 11.3 Å². The van der Waals surface area contributed by atoms with E-state index in [2.05, 4.69) is 4.98 Å². The number of imidazole rings is 1. The van der Waals surface area contributed by atoms with Crippen molar-refractivity contribution in [2.75, 3.05) is 6.26 Å². The average Bonchev–Trinajstić information content (AvgIpc) is 2.99. The molecule has 1 N–H and O–H groups in total. The second kappa shape index (κ2) is 6.78. The van der Waals surface area contributed by atoms with Gasteiger partial charge in [-0.3, -0.25) is 0 Å². The van der Waals surface area contributed by atoms with E-state index in [-0.39, 0.29) is 17.3 Å². The minimum Gasteiger partial charge on any atom is -0.388 e. The predicted molar refractivity (Wildman–Crippen MR) is 92.2 cm³/mol. The minimum atomic E-state index is -3.26. The SMILES string of the molecule is CS(=O)(=O)c1ccc(-c2cnc(CO)n2Cc2ccc(F)cc2)cc1. The van der Waals surface area contributed by atoms with Gasteiger partial charge in [0.25, 0.3) is 0 Å². The lowest BCUT2D eigenvalue weighted by molar-refractivity contribution is 0.266. The Morgan fingerprint density at radius 3 is 2.28 bits per heavy atom. The summed E-state index contributed by atoms with van der Waals surface area (Å²) < 4.78 is 38.1. The quantitative estimate of drug-likeness (QED) is 0.759. The van der Waals surface area contributed by atoms with Gasteiger partial charge in [-0.1, -0.05) is 24.3 Å². The average molecular weight is 360 g/mol. The number of aromatic nitrogens is 2. The molecule has 0 spiro atoms. The lowest BCUT2D eigenvalue weighted by atomic mass is 10.1. The van der Waals surface area contributed by atoms with Crippen LogP contribution < -0.4 is 0 Å². The highest BCUT2D eigenvalue weighted by Crippen LogP contribution is 2.24. The summed E-state index contributed by atoms with van der Waals surface area (Å²) in [7, 11) is -3.26. The molecule has 0 aliphatic carbocycles. The summed E-state index contributed by atoms with van der Waals surface area (Å²) in [6.07, 6.45) is 2.79. The van der Waals surface area contributed by atoms with Gasteiger partial charge in [0.1, 0.15) is 18.2 Å². The standard InChI is InChI=1S/C18H17FN2O3S/c1-25(23,24)16-8-4-14(5-9-16)17-10-20-18(12-22)21(17)11-13-2-6-15(19)7-3-13/h2-10,22H,11-12H2,1H3. The molecule has 0 amide bonds. The van der Waals surface area contributed by atoms with Crippen LogP contribution in [0, 0.1) is 5.82 Å². The van der Waals surface area contributed by atoms with Gasteiger partial charge >= 0.3 is 0 Å². The molecule has 0 fully saturated rings. The first kappa shape index (κ1) is 17.3. The van der Waals surface area contributed by atoms with E-state index >= 15 is 0 Å². The van der Waals surface area contributed by atoms with Crippen molar-refractivity contribution >= 4 is 9.84 Å². The van der Waals surface area contributed by atoms with Crippen LogP contribution in [-0.4, -0.2) is 29.3 Å². The Morgan fingerprint density at radius 2 is 1.72 bits per heavy atom. The largest absolute Gasteiger partial charge is 0.388 e. The zero-order valence-corrected chi connectivity index (χ0v) is 14.4. The van der Waals surface area contributed by atoms with Gasteiger partial charge in [-0.2, -0.15) is 0 Å². The van der Waals surface area contributed by atoms with Crippen LogP contribution in [0.5, 0.6) is 0 Å². The van der Waals surface area contributed by atoms with Gasteiger partial charge < -0.3 is 9.67 Å². The van der Waals surface area contributed by atoms with Gasteiger partial charge in [0, 0.05) is 12.8 Å². The Morgan fingerprint density at radius 1 is 1.08 bits per heavy atom. The summed E-state index contributed by atoms with van der Waals surface area (Å²) in [4.78, 5) is 4.46. The van der Waals surface area contributed by atoms with E-state index in [0.29, 0.717) is 12.4 Å². The molecule has 0 aliphatic heterocycles. The first-order chi connectivity index (χ1) is 11.9. The number of nitrogens with zero attached hydrogens (tertiary/aromatic N) is 2. The second-order valence-corrected chi connectivity index (χ2v) is 7.74. The molecule has 3 aromatic rings. The summed E-state index contributed by atoms with van der Waals surface area (Å²) in [5, 5.41) is 9.53. The molecule has 7 heteroatoms. The fourth-order valence-electron chi connectivity index (χ4n) is 2.59. The minimum absolute atomic E-state index is 0.234. The van der Waals surface area contributed by atoms with E-state index < -0.39 is 9.84 Å². The molecule has 3 rings (SSSR count). The van der Waals surface area contributed by atoms with Crippen molar-refractivity contribution in [3.63, 3.8) is 0 Å². The highest BCUT2D eigenvalue weighted by Gasteiger charge is 2.13. The highest BCUT2D eigenvalue weighted by molar-refractivity contribution is 7.90. The van der Waals surface area contributed by atoms with Crippen molar-refractivity contribution in [2.24, 2.45) is 0 Å². The van der Waals surface area contributed by atoms with Crippen molar-refractivity contribution < 1.29 is 17.9 Å². The van der Waals surface area contributed by atoms with Gasteiger partial charge in [-0.05, 0) is 35.4 Å². The maximum Gasteiger partial charge on any atom is 0.175 e. The maximum atomic E-state index is 13.1. The molecule has 2 aromatic carbocycles. The summed E-state index contributed by atoms with van der Waals surface area (Å²) in [5.74, 6) is 0.167. The second-order valence-electron chi connectivity index (χ2n) is 5.73. The van der Waals surface area contributed by atoms with Crippen molar-refractivity contribution in [2.45, 2.75) is 18.0 Å². The molecule has 5 nitrogen and oxygen atoms in total. The number of sulfone groups is 1. The first-order valence-electron chi connectivity index (χ1n) is 7.58. The first-order valence-corrected chi connectivity index (χ1v) is 9.48. The molecule has 130 valence electrons. The molecule has 0 aliphatic rings. The summed E-state index contributed by atoms with van der Waals surface area (Å²) in [6, 6.07) is 12.6. The summed E-state index contributed by atoms with van der Waals surface area (Å²) in [6.45, 7) is 0.182. The summed E-state index contributed by atoms with van der Waals surface area (Å²) in [5.41, 5.74) is 2.39. The third kappa shape index (κ3) is 3.78. The molecule has 0 saturated carbocycles. The van der Waals surface area contributed by atoms with Crippen LogP contribution in [-0.2, 0) is 23.0 Å². The third-order valence-electron chi connectivity index (χ3n) is 3.91. The van der Waals surface area contributed by atoms with Crippen molar-refractivity contribution in [1.29, 1.82) is 0 Å². The number of hydrogen-bond donors (Lipinski definition) is 1. The number of hydrogen-bond acceptors (Lipinski definition) is 4. The Kier molecular flexibility index (Phi) is 4.69. The van der Waals surface area contributed by atoms with E-state index in [9.17, 15) is 17.9 Å². The van der Waals surface area contributed by atoms with E-state index in [4.69, 9.17) is 0 Å². The molecule has 1 aromatic heterocycles. The van der Waals surface area contributed by atoms with E-state index in [0.717, 1.165) is 23.1 Å². The highest BCUT2D eigenvalue weighted by atomic mass is 32.2. The lowest BCUT2D eigenvalue weighted by Crippen LogP contribution is -2.07. The fraction of sp³-hybridized carbons (Fsp3) is 0.167. The zero-order valence-electron chi connectivity index (χ0n) is 13.6. The van der Waals surface area contributed by atoms with Gasteiger partial charge in [0.2, 0.25) is 0 Å². The number of rotatable bonds is 5. The smallest absolute Gasteiger partial charge is 0.175 e. The molecule has 0 unspecified atom stereocenters. The third-order valence-corrected chi connectivity index (χ3v) is 5.04. The van der Waals surface area contributed by atoms with Crippen molar-refractivity contribution in [1.82, 2.24) is 9.55 Å². The molecular formula is C18H17FN2O3S. The van der Waals surface area contributed by atoms with Gasteiger partial charge in [0.05, 0.1) is 16.8 Å². The van der Waals surface area contributed by atoms with Gasteiger partial charge in [-0.25, -0.2) is 17.8 Å². The Balaban J connectivity index is 1.99. The van der Waals surface area contributed by atoms with E-state index in [1.165, 1.54) is 12.1 Å². The van der Waals surface area contributed by atoms with Crippen LogP contribution in [0.4, 0.5) is 4.39 Å². The molecule has 1 heterocycles. The number of aliphatic hydroxyl groups is 1. The molecular weight excluding hydrogens is 343 g/mol. The lowest BCUT2D eigenvalue weighted by Gasteiger charge is -2.12. The van der Waals surface area contributed by atoms with Crippen molar-refractivity contribution in [3.05, 3.63) is 71.9 Å². The predicted octanol–water partition coefficient (Wildman–Crippen LogP) is 2.63. The zero-order chi connectivity index (χ0) is 18.0. The molecule has 0 radical (unpaired) electrons. The van der Waals surface area contributed by atoms with Crippen LogP contribution in [0.1, 0.15) is 11.4 Å². The molecule has 25 heavy (non-hydrogen) atoms. The molecule has 0 atom stereocenters. The summed E-state index contributed by atoms with van der Waals surface area (Å²) >= 11 is 0. The Hall–Kier alpha value is -2.51. The van der Waals surface area contributed by atoms with E-state index in [1.807, 2.05) is 4.57 Å². The Labute approximate surface area is 145 Å². The van der Waals surface area contributed by atoms with Crippen LogP contribution in [0.25, 0.3) is 11.3 Å². The number of benzene rings is 2. The van der Waals surface area contributed by atoms with Gasteiger partial charge in [0.15, 0.2) is 9.84 Å². The fourth-order valence-corrected chi connectivity index (χ4v) is 3.22. The number of halogens is 1. The van der Waals surface area contributed by atoms with Crippen LogP contribution in [0.3, 0.4) is 0 Å². The van der Waals surface area contributed by atoms with Crippen LogP contribution in [0.2, 0.25) is 0 Å². The van der Waals surface area contributed by atoms with E-state index in [1.54, 1.807) is 42.6 Å². The van der Waals surface area contributed by atoms with Crippen LogP contribution in [0.15, 0.2) is 59.6 Å². The van der Waals surface area contributed by atoms with Gasteiger partial charge in [-0.15, -0.1) is 0 Å². The molecule has 0 saturated heterocycles. The topological polar surface area (TPSA) is 72.2 Å². The Bertz CT molecular complexity index is 978.